The van der Waals surface area contributed by atoms with Gasteiger partial charge in [-0.1, -0.05) is 13.8 Å². The Labute approximate surface area is 149 Å². The van der Waals surface area contributed by atoms with E-state index in [4.69, 9.17) is 4.74 Å². The number of amides is 2. The van der Waals surface area contributed by atoms with Crippen LogP contribution < -0.4 is 0 Å². The van der Waals surface area contributed by atoms with E-state index in [1.165, 1.54) is 9.80 Å². The van der Waals surface area contributed by atoms with Crippen molar-refractivity contribution in [2.75, 3.05) is 13.1 Å². The number of rotatable bonds is 4. The summed E-state index contributed by atoms with van der Waals surface area (Å²) < 4.78 is 5.46. The Morgan fingerprint density at radius 1 is 1.24 bits per heavy atom. The fourth-order valence-corrected chi connectivity index (χ4v) is 3.83. The average Bonchev–Trinajstić information content (AvgIpc) is 3.01. The number of carbonyl (C=O) groups is 3. The number of aliphatic carboxylic acids is 1. The second kappa shape index (κ2) is 6.84. The van der Waals surface area contributed by atoms with Crippen molar-refractivity contribution in [1.82, 2.24) is 9.80 Å². The molecule has 0 radical (unpaired) electrons. The van der Waals surface area contributed by atoms with Gasteiger partial charge in [-0.05, 0) is 52.4 Å². The number of carbonyl (C=O) groups excluding carboxylic acids is 2. The van der Waals surface area contributed by atoms with Gasteiger partial charge in [-0.3, -0.25) is 9.69 Å². The summed E-state index contributed by atoms with van der Waals surface area (Å²) in [6.45, 7) is 10.1. The third-order valence-electron chi connectivity index (χ3n) is 4.88. The quantitative estimate of drug-likeness (QED) is 0.838. The number of hydrogen-bond acceptors (Lipinski definition) is 4. The number of carboxylic acid groups (broad SMARTS) is 1. The van der Waals surface area contributed by atoms with Gasteiger partial charge in [-0.2, -0.15) is 0 Å². The molecule has 7 heteroatoms. The Morgan fingerprint density at radius 3 is 2.40 bits per heavy atom. The van der Waals surface area contributed by atoms with E-state index in [2.05, 4.69) is 0 Å². The maximum atomic E-state index is 13.2. The van der Waals surface area contributed by atoms with Crippen LogP contribution in [0.25, 0.3) is 0 Å². The first kappa shape index (κ1) is 19.5. The number of likely N-dealkylation sites (tertiary alicyclic amines) is 2. The van der Waals surface area contributed by atoms with Gasteiger partial charge < -0.3 is 14.7 Å². The first-order chi connectivity index (χ1) is 11.5. The van der Waals surface area contributed by atoms with Crippen molar-refractivity contribution in [1.29, 1.82) is 0 Å². The van der Waals surface area contributed by atoms with Crippen molar-refractivity contribution in [3.8, 4) is 0 Å². The Hall–Kier alpha value is -1.79. The number of carboxylic acids is 1. The summed E-state index contributed by atoms with van der Waals surface area (Å²) in [5, 5.41) is 9.56. The van der Waals surface area contributed by atoms with E-state index >= 15 is 0 Å². The molecule has 1 N–H and O–H groups in total. The van der Waals surface area contributed by atoms with Crippen LogP contribution in [0.1, 0.15) is 60.3 Å². The monoisotopic (exact) mass is 354 g/mol. The van der Waals surface area contributed by atoms with Gasteiger partial charge in [0.2, 0.25) is 5.91 Å². The van der Waals surface area contributed by atoms with Crippen LogP contribution in [0.5, 0.6) is 0 Å². The molecule has 142 valence electrons. The van der Waals surface area contributed by atoms with E-state index in [0.29, 0.717) is 32.4 Å². The number of nitrogens with zero attached hydrogens (tertiary/aromatic N) is 2. The molecule has 1 spiro atoms. The zero-order valence-electron chi connectivity index (χ0n) is 15.9. The van der Waals surface area contributed by atoms with Gasteiger partial charge >= 0.3 is 12.1 Å². The predicted octanol–water partition coefficient (Wildman–Crippen LogP) is 2.49. The topological polar surface area (TPSA) is 87.2 Å². The van der Waals surface area contributed by atoms with Gasteiger partial charge in [0.1, 0.15) is 17.2 Å². The minimum Gasteiger partial charge on any atom is -0.480 e. The molecule has 0 aromatic carbocycles. The van der Waals surface area contributed by atoms with Gasteiger partial charge in [-0.15, -0.1) is 0 Å². The lowest BCUT2D eigenvalue weighted by Crippen LogP contribution is -2.55. The Morgan fingerprint density at radius 2 is 1.88 bits per heavy atom. The highest BCUT2D eigenvalue weighted by Gasteiger charge is 2.57. The van der Waals surface area contributed by atoms with Crippen LogP contribution in [-0.4, -0.2) is 63.1 Å². The molecule has 25 heavy (non-hydrogen) atoms. The smallest absolute Gasteiger partial charge is 0.411 e. The van der Waals surface area contributed by atoms with E-state index in [9.17, 15) is 19.5 Å². The molecule has 2 heterocycles. The second-order valence-electron chi connectivity index (χ2n) is 8.50. The van der Waals surface area contributed by atoms with Crippen LogP contribution >= 0.6 is 0 Å². The highest BCUT2D eigenvalue weighted by atomic mass is 16.6. The van der Waals surface area contributed by atoms with Crippen LogP contribution in [0.2, 0.25) is 0 Å². The van der Waals surface area contributed by atoms with Gasteiger partial charge in [0.15, 0.2) is 0 Å². The third-order valence-corrected chi connectivity index (χ3v) is 4.88. The van der Waals surface area contributed by atoms with Crippen LogP contribution in [0.15, 0.2) is 0 Å². The molecule has 2 amide bonds. The van der Waals surface area contributed by atoms with E-state index < -0.39 is 29.2 Å². The van der Waals surface area contributed by atoms with Crippen LogP contribution in [0.4, 0.5) is 4.79 Å². The summed E-state index contributed by atoms with van der Waals surface area (Å²) in [5.74, 6) is -1.07. The Balaban J connectivity index is 2.23. The van der Waals surface area contributed by atoms with Crippen LogP contribution in [0, 0.1) is 5.92 Å². The lowest BCUT2D eigenvalue weighted by Gasteiger charge is -2.35. The maximum absolute atomic E-state index is 13.2. The minimum absolute atomic E-state index is 0.163. The summed E-state index contributed by atoms with van der Waals surface area (Å²) in [7, 11) is 0. The van der Waals surface area contributed by atoms with E-state index in [1.807, 2.05) is 13.8 Å². The molecule has 0 aliphatic carbocycles. The van der Waals surface area contributed by atoms with E-state index in [1.54, 1.807) is 20.8 Å². The van der Waals surface area contributed by atoms with Crippen molar-refractivity contribution in [3.63, 3.8) is 0 Å². The minimum atomic E-state index is -0.985. The lowest BCUT2D eigenvalue weighted by molar-refractivity contribution is -0.151. The normalized spacial score (nSPS) is 25.1. The number of ether oxygens (including phenoxy) is 1. The molecule has 0 aromatic heterocycles. The summed E-state index contributed by atoms with van der Waals surface area (Å²) >= 11 is 0. The van der Waals surface area contributed by atoms with E-state index in [0.717, 1.165) is 6.42 Å². The fourth-order valence-electron chi connectivity index (χ4n) is 3.83. The molecule has 2 aliphatic heterocycles. The Kier molecular flexibility index (Phi) is 5.35. The molecule has 0 saturated carbocycles. The maximum Gasteiger partial charge on any atom is 0.411 e. The third kappa shape index (κ3) is 3.90. The van der Waals surface area contributed by atoms with Crippen molar-refractivity contribution < 1.29 is 24.2 Å². The van der Waals surface area contributed by atoms with Crippen LogP contribution in [-0.2, 0) is 14.3 Å². The van der Waals surface area contributed by atoms with Crippen molar-refractivity contribution in [2.45, 2.75) is 77.5 Å². The molecule has 0 unspecified atom stereocenters. The molecule has 2 saturated heterocycles. The van der Waals surface area contributed by atoms with Crippen molar-refractivity contribution in [2.24, 2.45) is 5.92 Å². The van der Waals surface area contributed by atoms with Gasteiger partial charge in [0.05, 0.1) is 0 Å². The standard InChI is InChI=1S/C18H30N2O5/c1-12(2)11-13(14(21)22)19-10-8-18(15(19)23)7-6-9-20(18)16(24)25-17(3,4)5/h12-13H,6-11H2,1-5H3,(H,21,22)/t13-,18+/m0/s1. The average molecular weight is 354 g/mol. The molecule has 2 fully saturated rings. The fraction of sp³-hybridized carbons (Fsp3) is 0.833. The van der Waals surface area contributed by atoms with Crippen molar-refractivity contribution >= 4 is 18.0 Å². The highest BCUT2D eigenvalue weighted by molar-refractivity contribution is 5.95. The molecule has 2 rings (SSSR count). The van der Waals surface area contributed by atoms with E-state index in [-0.39, 0.29) is 11.8 Å². The Bertz CT molecular complexity index is 554. The lowest BCUT2D eigenvalue weighted by atomic mass is 9.94. The molecular formula is C18H30N2O5. The molecule has 0 bridgehead atoms. The second-order valence-corrected chi connectivity index (χ2v) is 8.50. The number of hydrogen-bond donors (Lipinski definition) is 1. The molecular weight excluding hydrogens is 324 g/mol. The summed E-state index contributed by atoms with van der Waals surface area (Å²) in [5.41, 5.74) is -1.57. The summed E-state index contributed by atoms with van der Waals surface area (Å²) in [6, 6.07) is -0.840. The zero-order valence-corrected chi connectivity index (χ0v) is 15.9. The largest absolute Gasteiger partial charge is 0.480 e. The van der Waals surface area contributed by atoms with Gasteiger partial charge in [0.25, 0.3) is 0 Å². The first-order valence-corrected chi connectivity index (χ1v) is 9.02. The molecule has 2 atom stereocenters. The molecule has 0 aromatic rings. The SMILES string of the molecule is CC(C)C[C@@H](C(=O)O)N1CC[C@]2(CCCN2C(=O)OC(C)(C)C)C1=O. The van der Waals surface area contributed by atoms with Gasteiger partial charge in [-0.25, -0.2) is 9.59 Å². The van der Waals surface area contributed by atoms with Crippen molar-refractivity contribution in [3.05, 3.63) is 0 Å². The molecule has 2 aliphatic rings. The summed E-state index contributed by atoms with van der Waals surface area (Å²) in [4.78, 5) is 40.4. The zero-order chi connectivity index (χ0) is 19.0. The molecule has 7 nitrogen and oxygen atoms in total. The first-order valence-electron chi connectivity index (χ1n) is 9.02. The predicted molar refractivity (Wildman–Crippen MR) is 92.1 cm³/mol. The summed E-state index contributed by atoms with van der Waals surface area (Å²) in [6.07, 6.45) is 1.67. The highest BCUT2D eigenvalue weighted by Crippen LogP contribution is 2.40. The van der Waals surface area contributed by atoms with Gasteiger partial charge in [0, 0.05) is 13.1 Å². The van der Waals surface area contributed by atoms with Crippen LogP contribution in [0.3, 0.4) is 0 Å².